The first-order chi connectivity index (χ1) is 9.20. The fourth-order valence-electron chi connectivity index (χ4n) is 1.56. The first-order valence-electron chi connectivity index (χ1n) is 5.84. The molecule has 98 valence electrons. The molecule has 1 aromatic heterocycles. The maximum Gasteiger partial charge on any atom is 0.258 e. The number of hydrogen-bond donors (Lipinski definition) is 1. The van der Waals surface area contributed by atoms with Crippen LogP contribution in [0.25, 0.3) is 0 Å². The summed E-state index contributed by atoms with van der Waals surface area (Å²) in [6.07, 6.45) is 2.38. The van der Waals surface area contributed by atoms with Crippen molar-refractivity contribution >= 4 is 11.6 Å². The van der Waals surface area contributed by atoms with Crippen molar-refractivity contribution in [3.63, 3.8) is 0 Å². The summed E-state index contributed by atoms with van der Waals surface area (Å²) in [6.45, 7) is 2.47. The lowest BCUT2D eigenvalue weighted by molar-refractivity contribution is 0.102. The van der Waals surface area contributed by atoms with E-state index < -0.39 is 11.7 Å². The summed E-state index contributed by atoms with van der Waals surface area (Å²) in [6, 6.07) is 8.20. The Bertz CT molecular complexity index is 570. The van der Waals surface area contributed by atoms with Gasteiger partial charge in [-0.25, -0.2) is 4.39 Å². The Morgan fingerprint density at radius 1 is 1.32 bits per heavy atom. The molecule has 4 nitrogen and oxygen atoms in total. The lowest BCUT2D eigenvalue weighted by Crippen LogP contribution is -2.13. The van der Waals surface area contributed by atoms with Crippen LogP contribution in [0.15, 0.2) is 42.7 Å². The van der Waals surface area contributed by atoms with Crippen molar-refractivity contribution in [3.05, 3.63) is 54.1 Å². The fourth-order valence-corrected chi connectivity index (χ4v) is 1.56. The molecule has 0 fully saturated rings. The Kier molecular flexibility index (Phi) is 4.07. The molecule has 5 heteroatoms. The minimum atomic E-state index is -0.647. The number of carbonyl (C=O) groups is 1. The Hall–Kier alpha value is -2.43. The summed E-state index contributed by atoms with van der Waals surface area (Å²) >= 11 is 0. The van der Waals surface area contributed by atoms with Gasteiger partial charge in [0.1, 0.15) is 5.75 Å². The van der Waals surface area contributed by atoms with Crippen LogP contribution in [0.1, 0.15) is 17.3 Å². The van der Waals surface area contributed by atoms with Gasteiger partial charge in [-0.2, -0.15) is 0 Å². The topological polar surface area (TPSA) is 51.2 Å². The van der Waals surface area contributed by atoms with E-state index in [-0.39, 0.29) is 5.56 Å². The highest BCUT2D eigenvalue weighted by Crippen LogP contribution is 2.16. The molecule has 1 aromatic carbocycles. The molecule has 0 spiro atoms. The number of aromatic nitrogens is 1. The molecule has 0 saturated heterocycles. The molecule has 1 amide bonds. The summed E-state index contributed by atoms with van der Waals surface area (Å²) in [5.74, 6) is -0.439. The normalized spacial score (nSPS) is 10.0. The molecule has 0 aliphatic carbocycles. The molecule has 0 radical (unpaired) electrons. The Labute approximate surface area is 110 Å². The molecule has 1 heterocycles. The first kappa shape index (κ1) is 13.0. The van der Waals surface area contributed by atoms with Crippen molar-refractivity contribution in [2.45, 2.75) is 6.92 Å². The number of benzene rings is 1. The van der Waals surface area contributed by atoms with Crippen LogP contribution in [0, 0.1) is 5.82 Å². The number of rotatable bonds is 4. The van der Waals surface area contributed by atoms with E-state index in [2.05, 4.69) is 10.3 Å². The van der Waals surface area contributed by atoms with Gasteiger partial charge in [-0.15, -0.1) is 0 Å². The van der Waals surface area contributed by atoms with Crippen LogP contribution >= 0.6 is 0 Å². The van der Waals surface area contributed by atoms with Gasteiger partial charge >= 0.3 is 0 Å². The lowest BCUT2D eigenvalue weighted by atomic mass is 10.2. The van der Waals surface area contributed by atoms with Crippen molar-refractivity contribution in [1.29, 1.82) is 0 Å². The maximum absolute atomic E-state index is 13.4. The largest absolute Gasteiger partial charge is 0.494 e. The molecule has 19 heavy (non-hydrogen) atoms. The molecular weight excluding hydrogens is 247 g/mol. The van der Waals surface area contributed by atoms with Gasteiger partial charge in [0.05, 0.1) is 18.4 Å². The van der Waals surface area contributed by atoms with Crippen LogP contribution < -0.4 is 10.1 Å². The Balaban J connectivity index is 2.09. The predicted molar refractivity (Wildman–Crippen MR) is 69.8 cm³/mol. The van der Waals surface area contributed by atoms with Gasteiger partial charge in [0.2, 0.25) is 0 Å². The number of amides is 1. The highest BCUT2D eigenvalue weighted by molar-refractivity contribution is 6.04. The quantitative estimate of drug-likeness (QED) is 0.919. The van der Waals surface area contributed by atoms with Gasteiger partial charge in [-0.05, 0) is 37.3 Å². The molecule has 0 atom stereocenters. The molecule has 0 bridgehead atoms. The standard InChI is InChI=1S/C14H13FN2O2/c1-2-19-11-5-3-10(4-6-11)17-14(18)12-7-8-16-9-13(12)15/h3-9H,2H2,1H3,(H,17,18). The van der Waals surface area contributed by atoms with E-state index in [1.807, 2.05) is 6.92 Å². The van der Waals surface area contributed by atoms with Crippen molar-refractivity contribution in [3.8, 4) is 5.75 Å². The number of pyridine rings is 1. The molecule has 0 aliphatic heterocycles. The lowest BCUT2D eigenvalue weighted by Gasteiger charge is -2.07. The van der Waals surface area contributed by atoms with E-state index in [0.717, 1.165) is 11.9 Å². The maximum atomic E-state index is 13.4. The highest BCUT2D eigenvalue weighted by atomic mass is 19.1. The Morgan fingerprint density at radius 3 is 2.68 bits per heavy atom. The molecule has 0 saturated carbocycles. The van der Waals surface area contributed by atoms with Crippen LogP contribution in [0.2, 0.25) is 0 Å². The van der Waals surface area contributed by atoms with Gasteiger partial charge < -0.3 is 10.1 Å². The monoisotopic (exact) mass is 260 g/mol. The van der Waals surface area contributed by atoms with E-state index in [4.69, 9.17) is 4.74 Å². The third-order valence-electron chi connectivity index (χ3n) is 2.44. The molecule has 2 aromatic rings. The minimum Gasteiger partial charge on any atom is -0.494 e. The summed E-state index contributed by atoms with van der Waals surface area (Å²) in [5, 5.41) is 2.61. The second kappa shape index (κ2) is 5.95. The number of carbonyl (C=O) groups excluding carboxylic acids is 1. The van der Waals surface area contributed by atoms with E-state index in [0.29, 0.717) is 12.3 Å². The second-order valence-electron chi connectivity index (χ2n) is 3.77. The van der Waals surface area contributed by atoms with Crippen LogP contribution in [-0.4, -0.2) is 17.5 Å². The van der Waals surface area contributed by atoms with E-state index in [1.165, 1.54) is 12.3 Å². The van der Waals surface area contributed by atoms with Crippen LogP contribution in [0.3, 0.4) is 0 Å². The van der Waals surface area contributed by atoms with Gasteiger partial charge in [0.25, 0.3) is 5.91 Å². The zero-order chi connectivity index (χ0) is 13.7. The highest BCUT2D eigenvalue weighted by Gasteiger charge is 2.11. The summed E-state index contributed by atoms with van der Waals surface area (Å²) in [7, 11) is 0. The van der Waals surface area contributed by atoms with Crippen molar-refractivity contribution in [2.75, 3.05) is 11.9 Å². The number of nitrogens with zero attached hydrogens (tertiary/aromatic N) is 1. The number of halogens is 1. The van der Waals surface area contributed by atoms with Gasteiger partial charge in [0, 0.05) is 11.9 Å². The molecule has 0 unspecified atom stereocenters. The molecule has 0 aliphatic rings. The zero-order valence-corrected chi connectivity index (χ0v) is 10.4. The minimum absolute atomic E-state index is 0.0381. The second-order valence-corrected chi connectivity index (χ2v) is 3.77. The fraction of sp³-hybridized carbons (Fsp3) is 0.143. The first-order valence-corrected chi connectivity index (χ1v) is 5.84. The van der Waals surface area contributed by atoms with E-state index in [9.17, 15) is 9.18 Å². The molecular formula is C14H13FN2O2. The van der Waals surface area contributed by atoms with Gasteiger partial charge in [0.15, 0.2) is 5.82 Å². The summed E-state index contributed by atoms with van der Waals surface area (Å²) in [4.78, 5) is 15.4. The number of anilines is 1. The third kappa shape index (κ3) is 3.28. The Morgan fingerprint density at radius 2 is 2.05 bits per heavy atom. The smallest absolute Gasteiger partial charge is 0.258 e. The van der Waals surface area contributed by atoms with Crippen LogP contribution in [-0.2, 0) is 0 Å². The van der Waals surface area contributed by atoms with Gasteiger partial charge in [-0.3, -0.25) is 9.78 Å². The van der Waals surface area contributed by atoms with Crippen molar-refractivity contribution in [1.82, 2.24) is 4.98 Å². The zero-order valence-electron chi connectivity index (χ0n) is 10.4. The van der Waals surface area contributed by atoms with E-state index in [1.54, 1.807) is 24.3 Å². The number of hydrogen-bond acceptors (Lipinski definition) is 3. The van der Waals surface area contributed by atoms with Gasteiger partial charge in [-0.1, -0.05) is 0 Å². The molecule has 1 N–H and O–H groups in total. The van der Waals surface area contributed by atoms with Crippen molar-refractivity contribution in [2.24, 2.45) is 0 Å². The number of ether oxygens (including phenoxy) is 1. The summed E-state index contributed by atoms with van der Waals surface area (Å²) in [5.41, 5.74) is 0.536. The molecule has 2 rings (SSSR count). The van der Waals surface area contributed by atoms with E-state index >= 15 is 0 Å². The predicted octanol–water partition coefficient (Wildman–Crippen LogP) is 2.87. The summed E-state index contributed by atoms with van der Waals surface area (Å²) < 4.78 is 18.7. The SMILES string of the molecule is CCOc1ccc(NC(=O)c2ccncc2F)cc1. The third-order valence-corrected chi connectivity index (χ3v) is 2.44. The van der Waals surface area contributed by atoms with Crippen LogP contribution in [0.5, 0.6) is 5.75 Å². The average Bonchev–Trinajstić information content (AvgIpc) is 2.42. The van der Waals surface area contributed by atoms with Crippen LogP contribution in [0.4, 0.5) is 10.1 Å². The number of nitrogens with one attached hydrogen (secondary N) is 1. The average molecular weight is 260 g/mol. The van der Waals surface area contributed by atoms with Crippen molar-refractivity contribution < 1.29 is 13.9 Å².